The van der Waals surface area contributed by atoms with Crippen molar-refractivity contribution in [3.8, 4) is 22.4 Å². The molecule has 0 radical (unpaired) electrons. The maximum absolute atomic E-state index is 13.8. The summed E-state index contributed by atoms with van der Waals surface area (Å²) in [4.78, 5) is 8.53. The second-order valence-electron chi connectivity index (χ2n) is 7.48. The van der Waals surface area contributed by atoms with E-state index in [9.17, 15) is 26.3 Å². The molecule has 0 aliphatic heterocycles. The zero-order chi connectivity index (χ0) is 23.4. The predicted molar refractivity (Wildman–Crippen MR) is 106 cm³/mol. The molecular weight excluding hydrogens is 434 g/mol. The Bertz CT molecular complexity index is 1310. The molecule has 0 aliphatic rings. The molecular formula is C22H16F6N4. The smallest absolute Gasteiger partial charge is 0.258 e. The Kier molecular flexibility index (Phi) is 4.98. The first-order valence-corrected chi connectivity index (χ1v) is 9.44. The van der Waals surface area contributed by atoms with E-state index in [1.54, 1.807) is 26.0 Å². The molecule has 1 aromatic carbocycles. The second kappa shape index (κ2) is 7.32. The van der Waals surface area contributed by atoms with Crippen LogP contribution in [-0.2, 0) is 12.4 Å². The molecule has 4 rings (SSSR count). The molecule has 3 aromatic heterocycles. The van der Waals surface area contributed by atoms with E-state index < -0.39 is 23.6 Å². The van der Waals surface area contributed by atoms with Crippen LogP contribution in [0.5, 0.6) is 0 Å². The second-order valence-corrected chi connectivity index (χ2v) is 7.48. The van der Waals surface area contributed by atoms with Gasteiger partial charge in [-0.3, -0.25) is 4.98 Å². The Balaban J connectivity index is 2.01. The molecule has 4 nitrogen and oxygen atoms in total. The van der Waals surface area contributed by atoms with Crippen molar-refractivity contribution in [3.05, 3.63) is 70.8 Å². The summed E-state index contributed by atoms with van der Waals surface area (Å²) in [5.41, 5.74) is -0.360. The number of alkyl halides is 6. The number of hydrogen-bond acceptors (Lipinski definition) is 3. The number of hydrogen-bond donors (Lipinski definition) is 0. The molecule has 0 spiro atoms. The Morgan fingerprint density at radius 2 is 1.41 bits per heavy atom. The number of aromatic nitrogens is 4. The van der Waals surface area contributed by atoms with E-state index in [1.165, 1.54) is 25.3 Å². The van der Waals surface area contributed by atoms with Gasteiger partial charge in [0.2, 0.25) is 0 Å². The van der Waals surface area contributed by atoms with Crippen molar-refractivity contribution in [3.63, 3.8) is 0 Å². The third kappa shape index (κ3) is 3.92. The van der Waals surface area contributed by atoms with Crippen molar-refractivity contribution >= 4 is 5.65 Å². The fourth-order valence-corrected chi connectivity index (χ4v) is 3.59. The van der Waals surface area contributed by atoms with Crippen LogP contribution < -0.4 is 0 Å². The van der Waals surface area contributed by atoms with Gasteiger partial charge in [-0.15, -0.1) is 0 Å². The third-order valence-electron chi connectivity index (χ3n) is 4.99. The summed E-state index contributed by atoms with van der Waals surface area (Å²) in [6, 6.07) is 7.41. The molecule has 0 aliphatic carbocycles. The maximum atomic E-state index is 13.8. The molecule has 166 valence electrons. The lowest BCUT2D eigenvalue weighted by molar-refractivity contribution is -0.142. The van der Waals surface area contributed by atoms with Crippen LogP contribution in [0.2, 0.25) is 0 Å². The first-order valence-electron chi connectivity index (χ1n) is 9.44. The van der Waals surface area contributed by atoms with Gasteiger partial charge < -0.3 is 0 Å². The van der Waals surface area contributed by atoms with Gasteiger partial charge in [0, 0.05) is 22.5 Å². The van der Waals surface area contributed by atoms with Gasteiger partial charge in [-0.1, -0.05) is 12.1 Å². The minimum Gasteiger partial charge on any atom is -0.258 e. The lowest BCUT2D eigenvalue weighted by Gasteiger charge is -2.14. The van der Waals surface area contributed by atoms with Gasteiger partial charge in [0.05, 0.1) is 17.5 Å². The maximum Gasteiger partial charge on any atom is 0.433 e. The standard InChI is InChI=1S/C22H16F6N4/c1-11-4-5-14(8-17(11)21(23,24)25)18-9-19(22(26,27)28)32-20(31-18)16(10-29-32)15-6-12(2)30-13(3)7-15/h4-10H,1-3H3. The fourth-order valence-electron chi connectivity index (χ4n) is 3.59. The molecule has 0 amide bonds. The molecule has 3 heterocycles. The lowest BCUT2D eigenvalue weighted by Crippen LogP contribution is -2.14. The predicted octanol–water partition coefficient (Wildman–Crippen LogP) is 6.42. The Hall–Kier alpha value is -3.43. The van der Waals surface area contributed by atoms with Crippen LogP contribution in [0.1, 0.15) is 28.2 Å². The molecule has 0 fully saturated rings. The quantitative estimate of drug-likeness (QED) is 0.331. The van der Waals surface area contributed by atoms with E-state index >= 15 is 0 Å². The Labute approximate surface area is 178 Å². The van der Waals surface area contributed by atoms with Gasteiger partial charge in [0.1, 0.15) is 0 Å². The highest BCUT2D eigenvalue weighted by Gasteiger charge is 2.36. The van der Waals surface area contributed by atoms with E-state index in [0.717, 1.165) is 6.07 Å². The largest absolute Gasteiger partial charge is 0.433 e. The monoisotopic (exact) mass is 450 g/mol. The highest BCUT2D eigenvalue weighted by Crippen LogP contribution is 2.37. The number of aryl methyl sites for hydroxylation is 3. The number of fused-ring (bicyclic) bond motifs is 1. The van der Waals surface area contributed by atoms with Crippen LogP contribution in [0.15, 0.2) is 42.6 Å². The molecule has 0 bridgehead atoms. The van der Waals surface area contributed by atoms with E-state index in [0.29, 0.717) is 33.1 Å². The number of nitrogens with zero attached hydrogens (tertiary/aromatic N) is 4. The number of benzene rings is 1. The summed E-state index contributed by atoms with van der Waals surface area (Å²) in [5.74, 6) is 0. The van der Waals surface area contributed by atoms with Crippen molar-refractivity contribution in [1.82, 2.24) is 19.6 Å². The number of rotatable bonds is 2. The summed E-state index contributed by atoms with van der Waals surface area (Å²) < 4.78 is 82.1. The minimum absolute atomic E-state index is 0.0360. The van der Waals surface area contributed by atoms with Crippen LogP contribution in [-0.4, -0.2) is 19.6 Å². The van der Waals surface area contributed by atoms with Crippen LogP contribution in [0.4, 0.5) is 26.3 Å². The van der Waals surface area contributed by atoms with Gasteiger partial charge in [-0.05, 0) is 56.2 Å². The molecule has 0 atom stereocenters. The first kappa shape index (κ1) is 21.8. The van der Waals surface area contributed by atoms with Crippen LogP contribution in [0, 0.1) is 20.8 Å². The molecule has 32 heavy (non-hydrogen) atoms. The molecule has 0 saturated heterocycles. The third-order valence-corrected chi connectivity index (χ3v) is 4.99. The Morgan fingerprint density at radius 3 is 2.00 bits per heavy atom. The Morgan fingerprint density at radius 1 is 0.750 bits per heavy atom. The number of halogens is 6. The highest BCUT2D eigenvalue weighted by atomic mass is 19.4. The molecule has 0 unspecified atom stereocenters. The van der Waals surface area contributed by atoms with Crippen molar-refractivity contribution in [2.24, 2.45) is 0 Å². The summed E-state index contributed by atoms with van der Waals surface area (Å²) in [7, 11) is 0. The SMILES string of the molecule is Cc1cc(-c2cnn3c(C(F)(F)F)cc(-c4ccc(C)c(C(F)(F)F)c4)nc23)cc(C)n1. The summed E-state index contributed by atoms with van der Waals surface area (Å²) in [6.07, 6.45) is -8.20. The van der Waals surface area contributed by atoms with Crippen molar-refractivity contribution < 1.29 is 26.3 Å². The molecule has 0 N–H and O–H groups in total. The van der Waals surface area contributed by atoms with Crippen molar-refractivity contribution in [2.45, 2.75) is 33.1 Å². The van der Waals surface area contributed by atoms with Gasteiger partial charge in [-0.2, -0.15) is 31.4 Å². The highest BCUT2D eigenvalue weighted by molar-refractivity contribution is 5.79. The van der Waals surface area contributed by atoms with Crippen LogP contribution in [0.25, 0.3) is 28.0 Å². The van der Waals surface area contributed by atoms with Crippen LogP contribution in [0.3, 0.4) is 0 Å². The minimum atomic E-state index is -4.80. The molecule has 10 heteroatoms. The number of pyridine rings is 1. The average molecular weight is 450 g/mol. The summed E-state index contributed by atoms with van der Waals surface area (Å²) in [5, 5.41) is 3.86. The average Bonchev–Trinajstić information content (AvgIpc) is 3.09. The van der Waals surface area contributed by atoms with E-state index in [2.05, 4.69) is 15.1 Å². The van der Waals surface area contributed by atoms with E-state index in [-0.39, 0.29) is 22.5 Å². The van der Waals surface area contributed by atoms with Crippen molar-refractivity contribution in [1.29, 1.82) is 0 Å². The van der Waals surface area contributed by atoms with E-state index in [4.69, 9.17) is 0 Å². The fraction of sp³-hybridized carbons (Fsp3) is 0.227. The lowest BCUT2D eigenvalue weighted by atomic mass is 10.0. The van der Waals surface area contributed by atoms with E-state index in [1.807, 2.05) is 0 Å². The topological polar surface area (TPSA) is 43.1 Å². The van der Waals surface area contributed by atoms with Gasteiger partial charge in [0.15, 0.2) is 11.3 Å². The summed E-state index contributed by atoms with van der Waals surface area (Å²) >= 11 is 0. The van der Waals surface area contributed by atoms with Gasteiger partial charge in [0.25, 0.3) is 0 Å². The first-order chi connectivity index (χ1) is 14.8. The zero-order valence-electron chi connectivity index (χ0n) is 17.1. The van der Waals surface area contributed by atoms with Crippen molar-refractivity contribution in [2.75, 3.05) is 0 Å². The van der Waals surface area contributed by atoms with Crippen LogP contribution >= 0.6 is 0 Å². The molecule has 4 aromatic rings. The van der Waals surface area contributed by atoms with Gasteiger partial charge >= 0.3 is 12.4 Å². The normalized spacial score (nSPS) is 12.5. The summed E-state index contributed by atoms with van der Waals surface area (Å²) in [6.45, 7) is 4.77. The molecule has 0 saturated carbocycles. The zero-order valence-corrected chi connectivity index (χ0v) is 17.1. The van der Waals surface area contributed by atoms with Gasteiger partial charge in [-0.25, -0.2) is 9.50 Å².